The minimum absolute atomic E-state index is 0.640. The van der Waals surface area contributed by atoms with Gasteiger partial charge in [-0.25, -0.2) is 4.98 Å². The fraction of sp³-hybridized carbons (Fsp3) is 0.167. The molecule has 0 amide bonds. The Balaban J connectivity index is 2.13. The largest absolute Gasteiger partial charge is 0.377 e. The summed E-state index contributed by atoms with van der Waals surface area (Å²) >= 11 is 5.05. The van der Waals surface area contributed by atoms with Crippen LogP contribution in [-0.4, -0.2) is 4.98 Å². The Hall–Kier alpha value is -1.38. The van der Waals surface area contributed by atoms with Gasteiger partial charge in [-0.1, -0.05) is 15.9 Å². The standard InChI is InChI=1S/C12H10BrN3S/c1-8-6-16-12(17-8)7-15-11-4-10(13)3-2-9(11)5-14/h2-4,6,15H,7H2,1H3. The van der Waals surface area contributed by atoms with E-state index in [9.17, 15) is 0 Å². The van der Waals surface area contributed by atoms with E-state index in [0.717, 1.165) is 15.2 Å². The predicted octanol–water partition coefficient (Wildman–Crippen LogP) is 3.70. The Bertz CT molecular complexity index is 571. The molecule has 1 heterocycles. The minimum atomic E-state index is 0.640. The molecule has 2 aromatic rings. The number of nitrogens with zero attached hydrogens (tertiary/aromatic N) is 2. The molecule has 1 N–H and O–H groups in total. The predicted molar refractivity (Wildman–Crippen MR) is 73.0 cm³/mol. The topological polar surface area (TPSA) is 48.7 Å². The molecule has 2 rings (SSSR count). The molecule has 3 nitrogen and oxygen atoms in total. The molecule has 0 aliphatic rings. The lowest BCUT2D eigenvalue weighted by Crippen LogP contribution is -2.00. The van der Waals surface area contributed by atoms with Crippen molar-refractivity contribution in [2.24, 2.45) is 0 Å². The molecule has 0 bridgehead atoms. The van der Waals surface area contributed by atoms with E-state index in [2.05, 4.69) is 32.3 Å². The molecule has 0 unspecified atom stereocenters. The van der Waals surface area contributed by atoms with Crippen molar-refractivity contribution in [1.29, 1.82) is 5.26 Å². The molecule has 0 atom stereocenters. The first-order valence-corrected chi connectivity index (χ1v) is 6.65. The van der Waals surface area contributed by atoms with Gasteiger partial charge in [-0.3, -0.25) is 0 Å². The summed E-state index contributed by atoms with van der Waals surface area (Å²) in [6.45, 7) is 2.67. The normalized spacial score (nSPS) is 9.94. The molecular weight excluding hydrogens is 298 g/mol. The first-order valence-electron chi connectivity index (χ1n) is 5.04. The molecule has 86 valence electrons. The monoisotopic (exact) mass is 307 g/mol. The number of thiazole rings is 1. The van der Waals surface area contributed by atoms with Gasteiger partial charge in [0, 0.05) is 15.5 Å². The van der Waals surface area contributed by atoms with Crippen LogP contribution >= 0.6 is 27.3 Å². The molecule has 0 saturated heterocycles. The van der Waals surface area contributed by atoms with Crippen molar-refractivity contribution in [3.63, 3.8) is 0 Å². The maximum atomic E-state index is 8.99. The van der Waals surface area contributed by atoms with Crippen molar-refractivity contribution in [2.45, 2.75) is 13.5 Å². The van der Waals surface area contributed by atoms with E-state index in [1.54, 1.807) is 17.4 Å². The van der Waals surface area contributed by atoms with Crippen LogP contribution in [0.25, 0.3) is 0 Å². The van der Waals surface area contributed by atoms with Crippen molar-refractivity contribution in [2.75, 3.05) is 5.32 Å². The second kappa shape index (κ2) is 5.30. The van der Waals surface area contributed by atoms with E-state index >= 15 is 0 Å². The summed E-state index contributed by atoms with van der Waals surface area (Å²) in [5, 5.41) is 13.2. The van der Waals surface area contributed by atoms with Crippen LogP contribution in [0.1, 0.15) is 15.4 Å². The fourth-order valence-electron chi connectivity index (χ4n) is 1.41. The number of benzene rings is 1. The van der Waals surface area contributed by atoms with E-state index in [4.69, 9.17) is 5.26 Å². The van der Waals surface area contributed by atoms with Gasteiger partial charge in [-0.2, -0.15) is 5.26 Å². The van der Waals surface area contributed by atoms with Gasteiger partial charge in [0.05, 0.1) is 17.8 Å². The Morgan fingerprint density at radius 2 is 2.35 bits per heavy atom. The molecule has 0 radical (unpaired) electrons. The van der Waals surface area contributed by atoms with E-state index in [-0.39, 0.29) is 0 Å². The molecular formula is C12H10BrN3S. The highest BCUT2D eigenvalue weighted by Gasteiger charge is 2.04. The quantitative estimate of drug-likeness (QED) is 0.940. The van der Waals surface area contributed by atoms with Gasteiger partial charge in [0.1, 0.15) is 11.1 Å². The van der Waals surface area contributed by atoms with Crippen LogP contribution in [0.15, 0.2) is 28.9 Å². The highest BCUT2D eigenvalue weighted by atomic mass is 79.9. The van der Waals surface area contributed by atoms with Crippen molar-refractivity contribution < 1.29 is 0 Å². The Morgan fingerprint density at radius 1 is 1.53 bits per heavy atom. The summed E-state index contributed by atoms with van der Waals surface area (Å²) in [6, 6.07) is 7.72. The van der Waals surface area contributed by atoms with Crippen molar-refractivity contribution >= 4 is 33.0 Å². The van der Waals surface area contributed by atoms with E-state index in [1.807, 2.05) is 25.3 Å². The number of hydrogen-bond donors (Lipinski definition) is 1. The number of nitrogens with one attached hydrogen (secondary N) is 1. The fourth-order valence-corrected chi connectivity index (χ4v) is 2.50. The van der Waals surface area contributed by atoms with Crippen LogP contribution in [0.3, 0.4) is 0 Å². The highest BCUT2D eigenvalue weighted by Crippen LogP contribution is 2.22. The molecule has 0 spiro atoms. The van der Waals surface area contributed by atoms with Crippen molar-refractivity contribution in [3.8, 4) is 6.07 Å². The number of rotatable bonds is 3. The smallest absolute Gasteiger partial charge is 0.112 e. The van der Waals surface area contributed by atoms with Gasteiger partial charge in [0.15, 0.2) is 0 Å². The highest BCUT2D eigenvalue weighted by molar-refractivity contribution is 9.10. The van der Waals surface area contributed by atoms with Crippen LogP contribution in [0.4, 0.5) is 5.69 Å². The minimum Gasteiger partial charge on any atom is -0.377 e. The number of halogens is 1. The number of aryl methyl sites for hydroxylation is 1. The molecule has 1 aromatic carbocycles. The third kappa shape index (κ3) is 3.05. The lowest BCUT2D eigenvalue weighted by atomic mass is 10.2. The number of anilines is 1. The molecule has 0 fully saturated rings. The summed E-state index contributed by atoms with van der Waals surface area (Å²) in [6.07, 6.45) is 1.85. The maximum Gasteiger partial charge on any atom is 0.112 e. The third-order valence-corrected chi connectivity index (χ3v) is 3.61. The molecule has 1 aromatic heterocycles. The first-order chi connectivity index (χ1) is 8.19. The Kier molecular flexibility index (Phi) is 3.77. The summed E-state index contributed by atoms with van der Waals surface area (Å²) in [7, 11) is 0. The Labute approximate surface area is 112 Å². The summed E-state index contributed by atoms with van der Waals surface area (Å²) in [4.78, 5) is 5.46. The molecule has 5 heteroatoms. The molecule has 0 saturated carbocycles. The summed E-state index contributed by atoms with van der Waals surface area (Å²) in [5.74, 6) is 0. The van der Waals surface area contributed by atoms with Crippen molar-refractivity contribution in [1.82, 2.24) is 4.98 Å². The van der Waals surface area contributed by atoms with E-state index < -0.39 is 0 Å². The van der Waals surface area contributed by atoms with Crippen LogP contribution < -0.4 is 5.32 Å². The summed E-state index contributed by atoms with van der Waals surface area (Å²) < 4.78 is 0.953. The van der Waals surface area contributed by atoms with Crippen molar-refractivity contribution in [3.05, 3.63) is 44.3 Å². The van der Waals surface area contributed by atoms with Gasteiger partial charge in [-0.05, 0) is 25.1 Å². The lowest BCUT2D eigenvalue weighted by molar-refractivity contribution is 1.10. The summed E-state index contributed by atoms with van der Waals surface area (Å²) in [5.41, 5.74) is 1.47. The zero-order valence-corrected chi connectivity index (χ0v) is 11.6. The number of nitriles is 1. The zero-order chi connectivity index (χ0) is 12.3. The van der Waals surface area contributed by atoms with Gasteiger partial charge >= 0.3 is 0 Å². The van der Waals surface area contributed by atoms with Crippen LogP contribution in [0.2, 0.25) is 0 Å². The number of hydrogen-bond acceptors (Lipinski definition) is 4. The molecule has 17 heavy (non-hydrogen) atoms. The van der Waals surface area contributed by atoms with Crippen LogP contribution in [0.5, 0.6) is 0 Å². The first kappa shape index (κ1) is 12.1. The second-order valence-corrected chi connectivity index (χ2v) is 5.75. The number of aromatic nitrogens is 1. The maximum absolute atomic E-state index is 8.99. The SMILES string of the molecule is Cc1cnc(CNc2cc(Br)ccc2C#N)s1. The second-order valence-electron chi connectivity index (χ2n) is 3.52. The van der Waals surface area contributed by atoms with E-state index in [0.29, 0.717) is 12.1 Å². The van der Waals surface area contributed by atoms with Crippen LogP contribution in [-0.2, 0) is 6.54 Å². The van der Waals surface area contributed by atoms with E-state index in [1.165, 1.54) is 4.88 Å². The van der Waals surface area contributed by atoms with Gasteiger partial charge in [-0.15, -0.1) is 11.3 Å². The Morgan fingerprint density at radius 3 is 3.00 bits per heavy atom. The average Bonchev–Trinajstić information content (AvgIpc) is 2.73. The van der Waals surface area contributed by atoms with Crippen LogP contribution in [0, 0.1) is 18.3 Å². The van der Waals surface area contributed by atoms with Gasteiger partial charge < -0.3 is 5.32 Å². The lowest BCUT2D eigenvalue weighted by Gasteiger charge is -2.06. The van der Waals surface area contributed by atoms with Gasteiger partial charge in [0.2, 0.25) is 0 Å². The van der Waals surface area contributed by atoms with Gasteiger partial charge in [0.25, 0.3) is 0 Å². The molecule has 0 aliphatic heterocycles. The average molecular weight is 308 g/mol. The zero-order valence-electron chi connectivity index (χ0n) is 9.20. The third-order valence-electron chi connectivity index (χ3n) is 2.20. The molecule has 0 aliphatic carbocycles.